The lowest BCUT2D eigenvalue weighted by atomic mass is 10.3. The summed E-state index contributed by atoms with van der Waals surface area (Å²) in [6.45, 7) is 5.11. The minimum atomic E-state index is -0.134. The lowest BCUT2D eigenvalue weighted by molar-refractivity contribution is 0.0766. The molecule has 1 N–H and O–H groups in total. The molecule has 0 bridgehead atoms. The molecular formula is C15H16Cl2N4O. The van der Waals surface area contributed by atoms with Crippen LogP contribution in [0, 0.1) is 0 Å². The number of carbonyl (C=O) groups excluding carboxylic acids is 1. The zero-order valence-electron chi connectivity index (χ0n) is 12.3. The third-order valence-electron chi connectivity index (χ3n) is 3.11. The minimum absolute atomic E-state index is 0.134. The van der Waals surface area contributed by atoms with Gasteiger partial charge in [0.1, 0.15) is 11.5 Å². The van der Waals surface area contributed by atoms with E-state index in [2.05, 4.69) is 15.3 Å². The maximum absolute atomic E-state index is 12.1. The SMILES string of the molecule is CCN(CC)C(=O)c1cnc(Nc2cc(Cl)ccc2Cl)cn1. The van der Waals surface area contributed by atoms with Gasteiger partial charge in [-0.05, 0) is 32.0 Å². The summed E-state index contributed by atoms with van der Waals surface area (Å²) in [5.41, 5.74) is 0.942. The van der Waals surface area contributed by atoms with Gasteiger partial charge in [0, 0.05) is 18.1 Å². The molecule has 0 saturated carbocycles. The molecule has 116 valence electrons. The fourth-order valence-electron chi connectivity index (χ4n) is 1.91. The average molecular weight is 339 g/mol. The Hall–Kier alpha value is -1.85. The van der Waals surface area contributed by atoms with E-state index >= 15 is 0 Å². The first kappa shape index (κ1) is 16.5. The van der Waals surface area contributed by atoms with Gasteiger partial charge in [0.15, 0.2) is 0 Å². The summed E-state index contributed by atoms with van der Waals surface area (Å²) in [6.07, 6.45) is 2.94. The fourth-order valence-corrected chi connectivity index (χ4v) is 2.24. The number of anilines is 2. The van der Waals surface area contributed by atoms with Crippen LogP contribution < -0.4 is 5.32 Å². The Balaban J connectivity index is 2.15. The lowest BCUT2D eigenvalue weighted by Crippen LogP contribution is -2.31. The highest BCUT2D eigenvalue weighted by atomic mass is 35.5. The van der Waals surface area contributed by atoms with E-state index in [-0.39, 0.29) is 5.91 Å². The zero-order valence-corrected chi connectivity index (χ0v) is 13.8. The molecule has 0 spiro atoms. The quantitative estimate of drug-likeness (QED) is 0.894. The van der Waals surface area contributed by atoms with Crippen LogP contribution in [0.2, 0.25) is 10.0 Å². The van der Waals surface area contributed by atoms with Crippen LogP contribution in [0.5, 0.6) is 0 Å². The number of hydrogen-bond acceptors (Lipinski definition) is 4. The van der Waals surface area contributed by atoms with Gasteiger partial charge in [0.25, 0.3) is 5.91 Å². The predicted molar refractivity (Wildman–Crippen MR) is 89.0 cm³/mol. The van der Waals surface area contributed by atoms with E-state index in [1.54, 1.807) is 23.1 Å². The average Bonchev–Trinajstić information content (AvgIpc) is 2.53. The standard InChI is InChI=1S/C15H16Cl2N4O/c1-3-21(4-2)15(22)13-8-19-14(9-18-13)20-12-7-10(16)5-6-11(12)17/h5-9H,3-4H2,1-2H3,(H,19,20). The van der Waals surface area contributed by atoms with Gasteiger partial charge >= 0.3 is 0 Å². The van der Waals surface area contributed by atoms with Gasteiger partial charge in [0.2, 0.25) is 0 Å². The molecule has 0 fully saturated rings. The molecule has 0 aliphatic rings. The molecule has 0 saturated heterocycles. The van der Waals surface area contributed by atoms with Crippen molar-refractivity contribution >= 4 is 40.6 Å². The minimum Gasteiger partial charge on any atom is -0.338 e. The molecule has 1 aromatic heterocycles. The van der Waals surface area contributed by atoms with Crippen molar-refractivity contribution in [2.75, 3.05) is 18.4 Å². The molecule has 0 aliphatic carbocycles. The third kappa shape index (κ3) is 3.87. The number of carbonyl (C=O) groups is 1. The molecule has 0 atom stereocenters. The van der Waals surface area contributed by atoms with Crippen LogP contribution in [0.15, 0.2) is 30.6 Å². The van der Waals surface area contributed by atoms with E-state index in [1.165, 1.54) is 12.4 Å². The molecule has 2 aromatic rings. The van der Waals surface area contributed by atoms with E-state index in [0.29, 0.717) is 40.3 Å². The van der Waals surface area contributed by atoms with Crippen molar-refractivity contribution in [3.05, 3.63) is 46.3 Å². The molecule has 0 aliphatic heterocycles. The summed E-state index contributed by atoms with van der Waals surface area (Å²) >= 11 is 12.0. The van der Waals surface area contributed by atoms with E-state index in [0.717, 1.165) is 0 Å². The molecule has 7 heteroatoms. The first-order valence-electron chi connectivity index (χ1n) is 6.88. The number of hydrogen-bond donors (Lipinski definition) is 1. The van der Waals surface area contributed by atoms with Crippen molar-refractivity contribution in [2.24, 2.45) is 0 Å². The van der Waals surface area contributed by atoms with Gasteiger partial charge in [-0.3, -0.25) is 4.79 Å². The monoisotopic (exact) mass is 338 g/mol. The number of aromatic nitrogens is 2. The molecule has 0 radical (unpaired) electrons. The van der Waals surface area contributed by atoms with Crippen LogP contribution in [0.4, 0.5) is 11.5 Å². The Labute approximate surface area is 139 Å². The number of amides is 1. The van der Waals surface area contributed by atoms with Gasteiger partial charge in [0.05, 0.1) is 23.1 Å². The topological polar surface area (TPSA) is 58.1 Å². The Kier molecular flexibility index (Phi) is 5.57. The Morgan fingerprint density at radius 2 is 1.91 bits per heavy atom. The van der Waals surface area contributed by atoms with Crippen LogP contribution in [0.25, 0.3) is 0 Å². The Bertz CT molecular complexity index is 657. The molecule has 22 heavy (non-hydrogen) atoms. The number of benzene rings is 1. The van der Waals surface area contributed by atoms with Gasteiger partial charge in [-0.2, -0.15) is 0 Å². The van der Waals surface area contributed by atoms with Crippen molar-refractivity contribution in [3.8, 4) is 0 Å². The molecule has 0 unspecified atom stereocenters. The number of rotatable bonds is 5. The smallest absolute Gasteiger partial charge is 0.274 e. The third-order valence-corrected chi connectivity index (χ3v) is 3.68. The Morgan fingerprint density at radius 3 is 2.50 bits per heavy atom. The lowest BCUT2D eigenvalue weighted by Gasteiger charge is -2.17. The van der Waals surface area contributed by atoms with E-state index in [4.69, 9.17) is 23.2 Å². The summed E-state index contributed by atoms with van der Waals surface area (Å²) < 4.78 is 0. The second-order valence-electron chi connectivity index (χ2n) is 4.51. The molecule has 1 aromatic carbocycles. The van der Waals surface area contributed by atoms with Crippen molar-refractivity contribution in [3.63, 3.8) is 0 Å². The van der Waals surface area contributed by atoms with Crippen molar-refractivity contribution < 1.29 is 4.79 Å². The number of halogens is 2. The Morgan fingerprint density at radius 1 is 1.18 bits per heavy atom. The van der Waals surface area contributed by atoms with Gasteiger partial charge in [-0.25, -0.2) is 9.97 Å². The predicted octanol–water partition coefficient (Wildman–Crippen LogP) is 4.01. The van der Waals surface area contributed by atoms with Gasteiger partial charge in [-0.15, -0.1) is 0 Å². The second kappa shape index (κ2) is 7.42. The van der Waals surface area contributed by atoms with Crippen LogP contribution in [-0.4, -0.2) is 33.9 Å². The normalized spacial score (nSPS) is 10.4. The summed E-state index contributed by atoms with van der Waals surface area (Å²) in [5, 5.41) is 4.11. The highest BCUT2D eigenvalue weighted by Crippen LogP contribution is 2.27. The molecule has 5 nitrogen and oxygen atoms in total. The van der Waals surface area contributed by atoms with Crippen molar-refractivity contribution in [2.45, 2.75) is 13.8 Å². The zero-order chi connectivity index (χ0) is 16.1. The summed E-state index contributed by atoms with van der Waals surface area (Å²) in [7, 11) is 0. The summed E-state index contributed by atoms with van der Waals surface area (Å²) in [5.74, 6) is 0.352. The number of nitrogens with zero attached hydrogens (tertiary/aromatic N) is 3. The van der Waals surface area contributed by atoms with Crippen LogP contribution in [0.1, 0.15) is 24.3 Å². The molecular weight excluding hydrogens is 323 g/mol. The van der Waals surface area contributed by atoms with E-state index in [9.17, 15) is 4.79 Å². The first-order valence-corrected chi connectivity index (χ1v) is 7.64. The highest BCUT2D eigenvalue weighted by Gasteiger charge is 2.14. The van der Waals surface area contributed by atoms with E-state index < -0.39 is 0 Å². The highest BCUT2D eigenvalue weighted by molar-refractivity contribution is 6.35. The molecule has 2 rings (SSSR count). The van der Waals surface area contributed by atoms with Crippen LogP contribution in [-0.2, 0) is 0 Å². The van der Waals surface area contributed by atoms with E-state index in [1.807, 2.05) is 13.8 Å². The first-order chi connectivity index (χ1) is 10.5. The molecule has 1 heterocycles. The van der Waals surface area contributed by atoms with Crippen LogP contribution >= 0.6 is 23.2 Å². The summed E-state index contributed by atoms with van der Waals surface area (Å²) in [4.78, 5) is 22.2. The van der Waals surface area contributed by atoms with Crippen LogP contribution in [0.3, 0.4) is 0 Å². The largest absolute Gasteiger partial charge is 0.338 e. The maximum Gasteiger partial charge on any atom is 0.274 e. The van der Waals surface area contributed by atoms with Crippen molar-refractivity contribution in [1.29, 1.82) is 0 Å². The molecule has 1 amide bonds. The van der Waals surface area contributed by atoms with Gasteiger partial charge < -0.3 is 10.2 Å². The number of nitrogens with one attached hydrogen (secondary N) is 1. The van der Waals surface area contributed by atoms with Gasteiger partial charge in [-0.1, -0.05) is 23.2 Å². The summed E-state index contributed by atoms with van der Waals surface area (Å²) in [6, 6.07) is 5.09. The fraction of sp³-hybridized carbons (Fsp3) is 0.267. The second-order valence-corrected chi connectivity index (χ2v) is 5.36. The van der Waals surface area contributed by atoms with Crippen molar-refractivity contribution in [1.82, 2.24) is 14.9 Å². The maximum atomic E-state index is 12.1.